The molecule has 0 amide bonds. The molecule has 0 unspecified atom stereocenters. The molecule has 182 valence electrons. The first kappa shape index (κ1) is 24.3. The molecule has 0 spiro atoms. The van der Waals surface area contributed by atoms with E-state index >= 15 is 0 Å². The van der Waals surface area contributed by atoms with E-state index in [1.807, 2.05) is 47.0 Å². The maximum absolute atomic E-state index is 11.5. The number of carboxylic acid groups (broad SMARTS) is 1. The van der Waals surface area contributed by atoms with Crippen molar-refractivity contribution in [1.29, 1.82) is 0 Å². The van der Waals surface area contributed by atoms with E-state index in [1.165, 1.54) is 0 Å². The summed E-state index contributed by atoms with van der Waals surface area (Å²) in [5, 5.41) is 20.9. The molecule has 5 rings (SSSR count). The van der Waals surface area contributed by atoms with Gasteiger partial charge in [-0.3, -0.25) is 14.4 Å². The molecule has 10 heteroatoms. The lowest BCUT2D eigenvalue weighted by Crippen LogP contribution is -2.31. The van der Waals surface area contributed by atoms with Crippen molar-refractivity contribution in [3.63, 3.8) is 0 Å². The zero-order valence-electron chi connectivity index (χ0n) is 19.2. The summed E-state index contributed by atoms with van der Waals surface area (Å²) >= 11 is 14.8. The number of hydrogen-bond donors (Lipinski definition) is 1. The molecule has 3 heterocycles. The molecular weight excluding hydrogens is 505 g/mol. The van der Waals surface area contributed by atoms with Gasteiger partial charge in [-0.1, -0.05) is 53.2 Å². The van der Waals surface area contributed by atoms with Gasteiger partial charge in [0.2, 0.25) is 0 Å². The number of aliphatic carboxylic acids is 1. The molecule has 1 fully saturated rings. The van der Waals surface area contributed by atoms with E-state index in [0.717, 1.165) is 47.9 Å². The number of halogens is 2. The number of carboxylic acids is 1. The number of hydrogen-bond acceptors (Lipinski definition) is 6. The number of fused-ring (bicyclic) bond motifs is 3. The average Bonchev–Trinajstić information content (AvgIpc) is 3.18. The molecule has 0 saturated carbocycles. The number of likely N-dealkylation sites (tertiary alicyclic amines) is 1. The highest BCUT2D eigenvalue weighted by molar-refractivity contribution is 7.99. The molecule has 1 saturated heterocycles. The van der Waals surface area contributed by atoms with Crippen LogP contribution >= 0.6 is 35.0 Å². The summed E-state index contributed by atoms with van der Waals surface area (Å²) < 4.78 is 2.04. The molecule has 0 aliphatic carbocycles. The molecule has 0 bridgehead atoms. The molecular formula is C25H25Cl2N5O2S. The Balaban J connectivity index is 1.66. The number of carbonyl (C=O) groups is 1. The monoisotopic (exact) mass is 529 g/mol. The van der Waals surface area contributed by atoms with Crippen molar-refractivity contribution in [3.05, 3.63) is 69.5 Å². The second-order valence-electron chi connectivity index (χ2n) is 8.86. The fraction of sp³-hybridized carbons (Fsp3) is 0.360. The van der Waals surface area contributed by atoms with E-state index in [4.69, 9.17) is 28.2 Å². The Labute approximate surface area is 218 Å². The summed E-state index contributed by atoms with van der Waals surface area (Å²) in [5.41, 5.74) is 3.11. The quantitative estimate of drug-likeness (QED) is 0.452. The molecule has 2 aliphatic rings. The normalized spacial score (nSPS) is 18.5. The summed E-state index contributed by atoms with van der Waals surface area (Å²) in [4.78, 5) is 18.8. The van der Waals surface area contributed by atoms with Crippen molar-refractivity contribution in [2.24, 2.45) is 4.99 Å². The van der Waals surface area contributed by atoms with Gasteiger partial charge in [0.25, 0.3) is 0 Å². The van der Waals surface area contributed by atoms with Crippen molar-refractivity contribution in [2.75, 3.05) is 20.1 Å². The largest absolute Gasteiger partial charge is 0.481 e. The van der Waals surface area contributed by atoms with Gasteiger partial charge in [0.05, 0.1) is 11.4 Å². The van der Waals surface area contributed by atoms with Crippen molar-refractivity contribution in [2.45, 2.75) is 42.1 Å². The number of piperidine rings is 1. The summed E-state index contributed by atoms with van der Waals surface area (Å²) in [6.45, 7) is 2.09. The first-order valence-electron chi connectivity index (χ1n) is 11.6. The van der Waals surface area contributed by atoms with Crippen molar-refractivity contribution in [3.8, 4) is 5.69 Å². The Hall–Kier alpha value is -2.39. The Morgan fingerprint density at radius 3 is 2.63 bits per heavy atom. The van der Waals surface area contributed by atoms with Crippen LogP contribution in [0, 0.1) is 0 Å². The third-order valence-electron chi connectivity index (χ3n) is 6.39. The Kier molecular flexibility index (Phi) is 7.16. The molecule has 2 aliphatic heterocycles. The minimum Gasteiger partial charge on any atom is -0.481 e. The maximum atomic E-state index is 11.5. The van der Waals surface area contributed by atoms with E-state index in [9.17, 15) is 9.90 Å². The Morgan fingerprint density at radius 1 is 1.11 bits per heavy atom. The second kappa shape index (κ2) is 10.3. The lowest BCUT2D eigenvalue weighted by Gasteiger charge is -2.28. The summed E-state index contributed by atoms with van der Waals surface area (Å²) in [5.74, 6) is -0.247. The maximum Gasteiger partial charge on any atom is 0.303 e. The van der Waals surface area contributed by atoms with Gasteiger partial charge in [0.15, 0.2) is 11.0 Å². The second-order valence-corrected chi connectivity index (χ2v) is 11.0. The van der Waals surface area contributed by atoms with Crippen LogP contribution in [0.15, 0.2) is 52.6 Å². The van der Waals surface area contributed by atoms with Gasteiger partial charge in [0, 0.05) is 32.8 Å². The van der Waals surface area contributed by atoms with Crippen LogP contribution in [-0.2, 0) is 4.79 Å². The van der Waals surface area contributed by atoms with Crippen LogP contribution < -0.4 is 0 Å². The van der Waals surface area contributed by atoms with Gasteiger partial charge >= 0.3 is 5.97 Å². The van der Waals surface area contributed by atoms with Gasteiger partial charge in [-0.15, -0.1) is 10.2 Å². The Bertz CT molecular complexity index is 1290. The topological polar surface area (TPSA) is 83.6 Å². The highest BCUT2D eigenvalue weighted by Gasteiger charge is 2.31. The minimum atomic E-state index is -0.878. The number of aromatic nitrogens is 3. The first-order valence-corrected chi connectivity index (χ1v) is 13.2. The zero-order valence-corrected chi connectivity index (χ0v) is 21.5. The molecule has 0 radical (unpaired) electrons. The third kappa shape index (κ3) is 5.11. The van der Waals surface area contributed by atoms with E-state index in [2.05, 4.69) is 22.1 Å². The molecule has 7 nitrogen and oxygen atoms in total. The summed E-state index contributed by atoms with van der Waals surface area (Å²) in [6, 6.07) is 12.7. The van der Waals surface area contributed by atoms with E-state index < -0.39 is 12.0 Å². The number of rotatable bonds is 6. The predicted molar refractivity (Wildman–Crippen MR) is 139 cm³/mol. The van der Waals surface area contributed by atoms with E-state index in [0.29, 0.717) is 33.3 Å². The highest BCUT2D eigenvalue weighted by Crippen LogP contribution is 2.39. The lowest BCUT2D eigenvalue weighted by atomic mass is 10.00. The SMILES string of the molecule is CN1CCC(Sc2nnc3n2-c2ccc(Cl)cc2C(c2ccccc2Cl)=N[C@H]3CCC(=O)O)CC1. The molecule has 35 heavy (non-hydrogen) atoms. The molecule has 1 N–H and O–H groups in total. The van der Waals surface area contributed by atoms with Crippen molar-refractivity contribution >= 4 is 46.6 Å². The molecule has 2 aromatic carbocycles. The summed E-state index contributed by atoms with van der Waals surface area (Å²) in [6.07, 6.45) is 2.40. The Morgan fingerprint density at radius 2 is 1.89 bits per heavy atom. The first-order chi connectivity index (χ1) is 16.9. The lowest BCUT2D eigenvalue weighted by molar-refractivity contribution is -0.137. The van der Waals surface area contributed by atoms with Crippen LogP contribution in [0.2, 0.25) is 10.0 Å². The molecule has 3 aromatic rings. The standard InChI is InChI=1S/C25H25Cl2N5O2S/c1-31-12-10-16(11-13-31)35-25-30-29-24-20(7-9-22(33)34)28-23(17-4-2-3-5-19(17)27)18-14-15(26)6-8-21(18)32(24)25/h2-6,8,14,16,20H,7,9-13H2,1H3,(H,33,34)/t20-/m0/s1. The van der Waals surface area contributed by atoms with Crippen LogP contribution in [-0.4, -0.2) is 61.8 Å². The highest BCUT2D eigenvalue weighted by atomic mass is 35.5. The molecule has 1 aromatic heterocycles. The van der Waals surface area contributed by atoms with Gasteiger partial charge in [-0.25, -0.2) is 0 Å². The van der Waals surface area contributed by atoms with Crippen LogP contribution in [0.25, 0.3) is 5.69 Å². The number of aliphatic imine (C=N–C) groups is 1. The minimum absolute atomic E-state index is 0.0363. The van der Waals surface area contributed by atoms with Gasteiger partial charge in [-0.05, 0) is 63.7 Å². The number of benzene rings is 2. The fourth-order valence-electron chi connectivity index (χ4n) is 4.55. The summed E-state index contributed by atoms with van der Waals surface area (Å²) in [7, 11) is 2.14. The molecule has 1 atom stereocenters. The third-order valence-corrected chi connectivity index (χ3v) is 8.24. The predicted octanol–water partition coefficient (Wildman–Crippen LogP) is 5.52. The van der Waals surface area contributed by atoms with Crippen molar-refractivity contribution in [1.82, 2.24) is 19.7 Å². The van der Waals surface area contributed by atoms with Crippen LogP contribution in [0.1, 0.15) is 48.7 Å². The van der Waals surface area contributed by atoms with Gasteiger partial charge < -0.3 is 10.0 Å². The number of thioether (sulfide) groups is 1. The smallest absolute Gasteiger partial charge is 0.303 e. The van der Waals surface area contributed by atoms with Crippen molar-refractivity contribution < 1.29 is 9.90 Å². The van der Waals surface area contributed by atoms with Gasteiger partial charge in [0.1, 0.15) is 6.04 Å². The average molecular weight is 530 g/mol. The van der Waals surface area contributed by atoms with Crippen LogP contribution in [0.5, 0.6) is 0 Å². The van der Waals surface area contributed by atoms with E-state index in [-0.39, 0.29) is 6.42 Å². The van der Waals surface area contributed by atoms with Crippen LogP contribution in [0.4, 0.5) is 0 Å². The fourth-order valence-corrected chi connectivity index (χ4v) is 6.08. The van der Waals surface area contributed by atoms with E-state index in [1.54, 1.807) is 11.8 Å². The van der Waals surface area contributed by atoms with Crippen LogP contribution in [0.3, 0.4) is 0 Å². The van der Waals surface area contributed by atoms with Gasteiger partial charge in [-0.2, -0.15) is 0 Å². The zero-order chi connectivity index (χ0) is 24.5. The number of nitrogens with zero attached hydrogens (tertiary/aromatic N) is 5.